The van der Waals surface area contributed by atoms with Crippen molar-refractivity contribution in [3.05, 3.63) is 0 Å². The van der Waals surface area contributed by atoms with E-state index < -0.39 is 55.0 Å². The Hall–Kier alpha value is -1.26. The van der Waals surface area contributed by atoms with Gasteiger partial charge < -0.3 is 35.2 Å². The van der Waals surface area contributed by atoms with Crippen LogP contribution in [0.15, 0.2) is 0 Å². The molecule has 9 nitrogen and oxygen atoms in total. The maximum absolute atomic E-state index is 11.6. The zero-order valence-electron chi connectivity index (χ0n) is 11.9. The molecule has 1 fully saturated rings. The molecule has 21 heavy (non-hydrogen) atoms. The van der Waals surface area contributed by atoms with E-state index in [2.05, 4.69) is 10.1 Å². The highest BCUT2D eigenvalue weighted by molar-refractivity contribution is 5.78. The van der Waals surface area contributed by atoms with E-state index in [1.54, 1.807) is 0 Å². The number of aliphatic hydroxyl groups is 4. The van der Waals surface area contributed by atoms with Gasteiger partial charge in [-0.1, -0.05) is 0 Å². The molecule has 5 atom stereocenters. The highest BCUT2D eigenvalue weighted by atomic mass is 16.7. The van der Waals surface area contributed by atoms with Crippen LogP contribution in [-0.2, 0) is 19.1 Å². The normalized spacial score (nSPS) is 34.1. The molecule has 1 rings (SSSR count). The number of ether oxygens (including phenoxy) is 2. The second-order valence-electron chi connectivity index (χ2n) is 5.00. The summed E-state index contributed by atoms with van der Waals surface area (Å²) in [6.45, 7) is 0.659. The van der Waals surface area contributed by atoms with Crippen LogP contribution in [0.3, 0.4) is 0 Å². The lowest BCUT2D eigenvalue weighted by Crippen LogP contribution is -2.63. The number of amides is 1. The second kappa shape index (κ2) is 7.14. The standard InChI is InChI=1S/C12H21NO8/c1-6(15)13-10-8(17)4-12(19,11(18)20-2)21-9(10)3-7(16)5-14/h7-10,14,16-17,19H,3-5H2,1-2H3,(H,13,15)/t7-,8-,9?,10?,12-/m0/s1. The minimum atomic E-state index is -2.37. The van der Waals surface area contributed by atoms with Crippen LogP contribution in [0.25, 0.3) is 0 Å². The average Bonchev–Trinajstić information content (AvgIpc) is 2.41. The molecule has 2 unspecified atom stereocenters. The summed E-state index contributed by atoms with van der Waals surface area (Å²) in [5.41, 5.74) is 0. The SMILES string of the molecule is COC(=O)[C@]1(O)C[C@H](O)C(NC(C)=O)C(C[C@H](O)CO)O1. The third-order valence-electron chi connectivity index (χ3n) is 3.24. The summed E-state index contributed by atoms with van der Waals surface area (Å²) in [7, 11) is 1.05. The molecule has 1 aliphatic heterocycles. The molecule has 122 valence electrons. The Kier molecular flexibility index (Phi) is 6.05. The maximum Gasteiger partial charge on any atom is 0.366 e. The summed E-state index contributed by atoms with van der Waals surface area (Å²) in [4.78, 5) is 22.7. The minimum absolute atomic E-state index is 0.197. The van der Waals surface area contributed by atoms with Crippen LogP contribution in [0.4, 0.5) is 0 Å². The Bertz CT molecular complexity index is 389. The van der Waals surface area contributed by atoms with Gasteiger partial charge in [-0.3, -0.25) is 4.79 Å². The van der Waals surface area contributed by atoms with Crippen molar-refractivity contribution in [2.75, 3.05) is 13.7 Å². The van der Waals surface area contributed by atoms with Gasteiger partial charge in [0, 0.05) is 19.8 Å². The molecule has 0 aromatic carbocycles. The molecule has 0 aromatic rings. The zero-order chi connectivity index (χ0) is 16.2. The van der Waals surface area contributed by atoms with Crippen LogP contribution in [0.5, 0.6) is 0 Å². The summed E-state index contributed by atoms with van der Waals surface area (Å²) in [6.07, 6.45) is -4.25. The van der Waals surface area contributed by atoms with Gasteiger partial charge in [-0.15, -0.1) is 0 Å². The first kappa shape index (κ1) is 17.8. The third kappa shape index (κ3) is 4.35. The third-order valence-corrected chi connectivity index (χ3v) is 3.24. The van der Waals surface area contributed by atoms with Crippen LogP contribution < -0.4 is 5.32 Å². The van der Waals surface area contributed by atoms with Crippen molar-refractivity contribution >= 4 is 11.9 Å². The van der Waals surface area contributed by atoms with Crippen molar-refractivity contribution < 1.29 is 39.5 Å². The maximum atomic E-state index is 11.6. The number of rotatable bonds is 5. The van der Waals surface area contributed by atoms with E-state index in [4.69, 9.17) is 9.84 Å². The van der Waals surface area contributed by atoms with Gasteiger partial charge >= 0.3 is 5.97 Å². The van der Waals surface area contributed by atoms with E-state index in [0.717, 1.165) is 7.11 Å². The predicted molar refractivity (Wildman–Crippen MR) is 67.8 cm³/mol. The Balaban J connectivity index is 2.96. The molecule has 9 heteroatoms. The Morgan fingerprint density at radius 3 is 2.62 bits per heavy atom. The first-order valence-electron chi connectivity index (χ1n) is 6.46. The summed E-state index contributed by atoms with van der Waals surface area (Å²) < 4.78 is 9.63. The monoisotopic (exact) mass is 307 g/mol. The van der Waals surface area contributed by atoms with Gasteiger partial charge in [-0.25, -0.2) is 4.79 Å². The molecule has 1 heterocycles. The molecule has 5 N–H and O–H groups in total. The van der Waals surface area contributed by atoms with Crippen molar-refractivity contribution in [3.63, 3.8) is 0 Å². The lowest BCUT2D eigenvalue weighted by atomic mass is 9.90. The number of carbonyl (C=O) groups is 2. The van der Waals surface area contributed by atoms with Gasteiger partial charge in [0.25, 0.3) is 5.79 Å². The van der Waals surface area contributed by atoms with Gasteiger partial charge in [0.05, 0.1) is 38.1 Å². The number of nitrogens with one attached hydrogen (secondary N) is 1. The summed E-state index contributed by atoms with van der Waals surface area (Å²) in [5.74, 6) is -3.91. The lowest BCUT2D eigenvalue weighted by Gasteiger charge is -2.43. The molecule has 1 amide bonds. The smallest absolute Gasteiger partial charge is 0.366 e. The molecular weight excluding hydrogens is 286 g/mol. The first-order valence-corrected chi connectivity index (χ1v) is 6.46. The molecule has 0 saturated carbocycles. The first-order chi connectivity index (χ1) is 9.73. The van der Waals surface area contributed by atoms with E-state index in [1.165, 1.54) is 6.92 Å². The van der Waals surface area contributed by atoms with Gasteiger partial charge in [0.1, 0.15) is 0 Å². The molecule has 0 bridgehead atoms. The number of methoxy groups -OCH3 is 1. The molecule has 0 spiro atoms. The molecular formula is C12H21NO8. The molecule has 1 saturated heterocycles. The van der Waals surface area contributed by atoms with Gasteiger partial charge in [-0.05, 0) is 0 Å². The molecule has 0 aromatic heterocycles. The van der Waals surface area contributed by atoms with Gasteiger partial charge in [0.15, 0.2) is 0 Å². The van der Waals surface area contributed by atoms with Crippen LogP contribution in [0.2, 0.25) is 0 Å². The number of aliphatic hydroxyl groups excluding tert-OH is 3. The minimum Gasteiger partial charge on any atom is -0.465 e. The number of hydrogen-bond acceptors (Lipinski definition) is 8. The summed E-state index contributed by atoms with van der Waals surface area (Å²) >= 11 is 0. The Labute approximate surface area is 121 Å². The quantitative estimate of drug-likeness (QED) is 0.344. The Morgan fingerprint density at radius 2 is 2.14 bits per heavy atom. The fraction of sp³-hybridized carbons (Fsp3) is 0.833. The van der Waals surface area contributed by atoms with E-state index in [1.807, 2.05) is 0 Å². The average molecular weight is 307 g/mol. The lowest BCUT2D eigenvalue weighted by molar-refractivity contribution is -0.281. The highest BCUT2D eigenvalue weighted by Crippen LogP contribution is 2.30. The molecule has 0 aliphatic carbocycles. The van der Waals surface area contributed by atoms with E-state index in [0.29, 0.717) is 0 Å². The highest BCUT2D eigenvalue weighted by Gasteiger charge is 2.51. The van der Waals surface area contributed by atoms with Crippen LogP contribution >= 0.6 is 0 Å². The summed E-state index contributed by atoms with van der Waals surface area (Å²) in [6, 6.07) is -0.936. The largest absolute Gasteiger partial charge is 0.465 e. The topological polar surface area (TPSA) is 146 Å². The number of esters is 1. The number of hydrogen-bond donors (Lipinski definition) is 5. The fourth-order valence-electron chi connectivity index (χ4n) is 2.28. The van der Waals surface area contributed by atoms with Gasteiger partial charge in [0.2, 0.25) is 5.91 Å². The van der Waals surface area contributed by atoms with Crippen molar-refractivity contribution in [1.82, 2.24) is 5.32 Å². The van der Waals surface area contributed by atoms with E-state index in [-0.39, 0.29) is 6.42 Å². The van der Waals surface area contributed by atoms with Crippen LogP contribution in [0.1, 0.15) is 19.8 Å². The summed E-state index contributed by atoms with van der Waals surface area (Å²) in [5, 5.41) is 41.0. The Morgan fingerprint density at radius 1 is 1.52 bits per heavy atom. The molecule has 1 aliphatic rings. The van der Waals surface area contributed by atoms with Crippen molar-refractivity contribution in [2.24, 2.45) is 0 Å². The fourth-order valence-corrected chi connectivity index (χ4v) is 2.28. The van der Waals surface area contributed by atoms with Crippen molar-refractivity contribution in [2.45, 2.75) is 49.9 Å². The zero-order valence-corrected chi connectivity index (χ0v) is 11.9. The van der Waals surface area contributed by atoms with Gasteiger partial charge in [-0.2, -0.15) is 0 Å². The number of carbonyl (C=O) groups excluding carboxylic acids is 2. The second-order valence-corrected chi connectivity index (χ2v) is 5.00. The molecule has 0 radical (unpaired) electrons. The predicted octanol–water partition coefficient (Wildman–Crippen LogP) is -2.75. The van der Waals surface area contributed by atoms with E-state index in [9.17, 15) is 24.9 Å². The van der Waals surface area contributed by atoms with Crippen molar-refractivity contribution in [1.29, 1.82) is 0 Å². The van der Waals surface area contributed by atoms with E-state index >= 15 is 0 Å². The van der Waals surface area contributed by atoms with Crippen LogP contribution in [0, 0.1) is 0 Å². The van der Waals surface area contributed by atoms with Crippen molar-refractivity contribution in [3.8, 4) is 0 Å². The van der Waals surface area contributed by atoms with Crippen LogP contribution in [-0.4, -0.2) is 76.2 Å².